The molecule has 0 aliphatic heterocycles. The highest BCUT2D eigenvalue weighted by molar-refractivity contribution is 7.11. The van der Waals surface area contributed by atoms with E-state index < -0.39 is 0 Å². The summed E-state index contributed by atoms with van der Waals surface area (Å²) in [6, 6.07) is 0. The number of nitrogens with zero attached hydrogens (tertiary/aromatic N) is 4. The minimum Gasteiger partial charge on any atom is -0.382 e. The highest BCUT2D eigenvalue weighted by Gasteiger charge is 2.22. The van der Waals surface area contributed by atoms with Crippen molar-refractivity contribution in [2.45, 2.75) is 13.8 Å². The molecular formula is C13H19N5OS2. The number of carbonyl (C=O) groups is 1. The Hall–Kier alpha value is -1.67. The van der Waals surface area contributed by atoms with Gasteiger partial charge in [0.25, 0.3) is 0 Å². The number of nitrogen functional groups attached to an aromatic ring is 1. The third kappa shape index (κ3) is 3.33. The predicted octanol–water partition coefficient (Wildman–Crippen LogP) is 2.07. The summed E-state index contributed by atoms with van der Waals surface area (Å²) in [6.45, 7) is 4.98. The molecule has 1 amide bonds. The average Bonchev–Trinajstić information content (AvgIpc) is 3.01. The number of hydrogen-bond acceptors (Lipinski definition) is 7. The molecule has 2 heterocycles. The van der Waals surface area contributed by atoms with Crippen LogP contribution in [0, 0.1) is 6.92 Å². The van der Waals surface area contributed by atoms with Gasteiger partial charge in [0.05, 0.1) is 22.8 Å². The first-order valence-corrected chi connectivity index (χ1v) is 8.22. The molecular weight excluding hydrogens is 306 g/mol. The van der Waals surface area contributed by atoms with E-state index in [0.29, 0.717) is 18.9 Å². The number of aromatic nitrogens is 2. The van der Waals surface area contributed by atoms with Crippen molar-refractivity contribution in [3.8, 4) is 11.3 Å². The smallest absolute Gasteiger partial charge is 0.241 e. The van der Waals surface area contributed by atoms with Crippen LogP contribution in [0.2, 0.25) is 0 Å². The first kappa shape index (κ1) is 15.7. The van der Waals surface area contributed by atoms with Crippen LogP contribution in [0.15, 0.2) is 5.38 Å². The van der Waals surface area contributed by atoms with Gasteiger partial charge in [-0.25, -0.2) is 4.98 Å². The first-order chi connectivity index (χ1) is 9.93. The maximum Gasteiger partial charge on any atom is 0.241 e. The number of thiazole rings is 1. The highest BCUT2D eigenvalue weighted by Crippen LogP contribution is 2.39. The maximum absolute atomic E-state index is 12.0. The SMILES string of the molecule is CCN(CC(=O)N(C)C)c1snc(N)c1-c1csc(C)n1. The van der Waals surface area contributed by atoms with Crippen LogP contribution >= 0.6 is 22.9 Å². The van der Waals surface area contributed by atoms with Crippen LogP contribution in [0.1, 0.15) is 11.9 Å². The fraction of sp³-hybridized carbons (Fsp3) is 0.462. The van der Waals surface area contributed by atoms with Gasteiger partial charge in [-0.15, -0.1) is 11.3 Å². The third-order valence-electron chi connectivity index (χ3n) is 3.07. The summed E-state index contributed by atoms with van der Waals surface area (Å²) in [6.07, 6.45) is 0. The molecule has 0 radical (unpaired) electrons. The van der Waals surface area contributed by atoms with Crippen LogP contribution in [0.5, 0.6) is 0 Å². The van der Waals surface area contributed by atoms with E-state index in [1.807, 2.05) is 24.1 Å². The van der Waals surface area contributed by atoms with Gasteiger partial charge in [0.1, 0.15) is 10.8 Å². The Balaban J connectivity index is 2.37. The lowest BCUT2D eigenvalue weighted by Crippen LogP contribution is -2.36. The quantitative estimate of drug-likeness (QED) is 0.911. The first-order valence-electron chi connectivity index (χ1n) is 6.56. The topological polar surface area (TPSA) is 75.4 Å². The van der Waals surface area contributed by atoms with Gasteiger partial charge in [-0.1, -0.05) is 0 Å². The van der Waals surface area contributed by atoms with Gasteiger partial charge < -0.3 is 15.5 Å². The lowest BCUT2D eigenvalue weighted by Gasteiger charge is -2.23. The Morgan fingerprint density at radius 1 is 1.43 bits per heavy atom. The van der Waals surface area contributed by atoms with Gasteiger partial charge in [-0.3, -0.25) is 4.79 Å². The van der Waals surface area contributed by atoms with E-state index in [1.165, 1.54) is 11.5 Å². The van der Waals surface area contributed by atoms with Crippen LogP contribution < -0.4 is 10.6 Å². The number of amides is 1. The fourth-order valence-electron chi connectivity index (χ4n) is 1.86. The molecule has 0 aromatic carbocycles. The summed E-state index contributed by atoms with van der Waals surface area (Å²) in [5, 5.41) is 3.85. The number of rotatable bonds is 5. The Labute approximate surface area is 132 Å². The van der Waals surface area contributed by atoms with Crippen LogP contribution in [-0.4, -0.2) is 47.3 Å². The van der Waals surface area contributed by atoms with Gasteiger partial charge in [0.2, 0.25) is 5.91 Å². The highest BCUT2D eigenvalue weighted by atomic mass is 32.1. The molecule has 0 atom stereocenters. The van der Waals surface area contributed by atoms with Crippen LogP contribution in [-0.2, 0) is 4.79 Å². The van der Waals surface area contributed by atoms with Crippen LogP contribution in [0.25, 0.3) is 11.3 Å². The number of hydrogen-bond donors (Lipinski definition) is 1. The fourth-order valence-corrected chi connectivity index (χ4v) is 3.35. The molecule has 2 N–H and O–H groups in total. The standard InChI is InChI=1S/C13H19N5OS2/c1-5-18(6-10(19)17(3)4)13-11(12(14)16-21-13)9-7-20-8(2)15-9/h7H,5-6H2,1-4H3,(H2,14,16). The molecule has 2 rings (SSSR count). The van der Waals surface area contributed by atoms with Crippen molar-refractivity contribution in [2.24, 2.45) is 0 Å². The molecule has 0 saturated carbocycles. The van der Waals surface area contributed by atoms with Crippen LogP contribution in [0.4, 0.5) is 10.8 Å². The summed E-state index contributed by atoms with van der Waals surface area (Å²) < 4.78 is 4.24. The molecule has 0 unspecified atom stereocenters. The minimum absolute atomic E-state index is 0.0456. The minimum atomic E-state index is 0.0456. The van der Waals surface area contributed by atoms with Gasteiger partial charge in [-0.05, 0) is 25.4 Å². The van der Waals surface area contributed by atoms with E-state index in [2.05, 4.69) is 9.36 Å². The molecule has 0 spiro atoms. The van der Waals surface area contributed by atoms with E-state index in [9.17, 15) is 4.79 Å². The molecule has 0 bridgehead atoms. The molecule has 6 nitrogen and oxygen atoms in total. The van der Waals surface area contributed by atoms with E-state index >= 15 is 0 Å². The molecule has 0 fully saturated rings. The zero-order valence-corrected chi connectivity index (χ0v) is 14.2. The number of carbonyl (C=O) groups excluding carboxylic acids is 1. The Morgan fingerprint density at radius 2 is 2.14 bits per heavy atom. The zero-order valence-electron chi connectivity index (χ0n) is 12.6. The van der Waals surface area contributed by atoms with E-state index in [0.717, 1.165) is 21.3 Å². The van der Waals surface area contributed by atoms with Crippen molar-refractivity contribution in [3.05, 3.63) is 10.4 Å². The van der Waals surface area contributed by atoms with Crippen molar-refractivity contribution in [3.63, 3.8) is 0 Å². The second kappa shape index (κ2) is 6.40. The molecule has 21 heavy (non-hydrogen) atoms. The number of anilines is 2. The van der Waals surface area contributed by atoms with Crippen molar-refractivity contribution >= 4 is 39.6 Å². The zero-order chi connectivity index (χ0) is 15.6. The summed E-state index contributed by atoms with van der Waals surface area (Å²) in [5.74, 6) is 0.514. The molecule has 2 aromatic rings. The van der Waals surface area contributed by atoms with Gasteiger partial charge >= 0.3 is 0 Å². The number of aryl methyl sites for hydroxylation is 1. The van der Waals surface area contributed by atoms with Crippen molar-refractivity contribution < 1.29 is 4.79 Å². The second-order valence-electron chi connectivity index (χ2n) is 4.80. The van der Waals surface area contributed by atoms with Crippen molar-refractivity contribution in [2.75, 3.05) is 37.8 Å². The molecule has 2 aromatic heterocycles. The second-order valence-corrected chi connectivity index (χ2v) is 6.62. The predicted molar refractivity (Wildman–Crippen MR) is 89.0 cm³/mol. The largest absolute Gasteiger partial charge is 0.382 e. The molecule has 0 saturated heterocycles. The van der Waals surface area contributed by atoms with E-state index in [4.69, 9.17) is 5.73 Å². The van der Waals surface area contributed by atoms with Crippen molar-refractivity contribution in [1.29, 1.82) is 0 Å². The maximum atomic E-state index is 12.0. The van der Waals surface area contributed by atoms with E-state index in [-0.39, 0.29) is 5.91 Å². The molecule has 114 valence electrons. The average molecular weight is 325 g/mol. The summed E-state index contributed by atoms with van der Waals surface area (Å²) in [4.78, 5) is 20.0. The summed E-state index contributed by atoms with van der Waals surface area (Å²) >= 11 is 2.89. The molecule has 0 aliphatic carbocycles. The Kier molecular flexibility index (Phi) is 4.79. The van der Waals surface area contributed by atoms with Gasteiger partial charge in [-0.2, -0.15) is 4.37 Å². The monoisotopic (exact) mass is 325 g/mol. The Bertz CT molecular complexity index is 634. The van der Waals surface area contributed by atoms with Gasteiger partial charge in [0.15, 0.2) is 0 Å². The summed E-state index contributed by atoms with van der Waals surface area (Å²) in [7, 11) is 3.50. The normalized spacial score (nSPS) is 10.7. The van der Waals surface area contributed by atoms with E-state index in [1.54, 1.807) is 30.3 Å². The lowest BCUT2D eigenvalue weighted by molar-refractivity contribution is -0.127. The lowest BCUT2D eigenvalue weighted by atomic mass is 10.2. The van der Waals surface area contributed by atoms with Gasteiger partial charge in [0, 0.05) is 26.0 Å². The third-order valence-corrected chi connectivity index (χ3v) is 4.77. The van der Waals surface area contributed by atoms with Crippen LogP contribution in [0.3, 0.4) is 0 Å². The molecule has 0 aliphatic rings. The molecule has 8 heteroatoms. The number of likely N-dealkylation sites (N-methyl/N-ethyl adjacent to an activating group) is 2. The van der Waals surface area contributed by atoms with Crippen molar-refractivity contribution in [1.82, 2.24) is 14.3 Å². The Morgan fingerprint density at radius 3 is 2.67 bits per heavy atom. The summed E-state index contributed by atoms with van der Waals surface area (Å²) in [5.41, 5.74) is 7.67. The number of nitrogens with two attached hydrogens (primary N) is 1.